The summed E-state index contributed by atoms with van der Waals surface area (Å²) in [6.07, 6.45) is 4.91. The number of hydrogen-bond donors (Lipinski definition) is 2. The van der Waals surface area contributed by atoms with Crippen LogP contribution in [0.5, 0.6) is 5.88 Å². The van der Waals surface area contributed by atoms with Crippen molar-refractivity contribution >= 4 is 38.2 Å². The van der Waals surface area contributed by atoms with Crippen LogP contribution < -0.4 is 15.8 Å². The molecule has 0 amide bonds. The van der Waals surface area contributed by atoms with Crippen molar-refractivity contribution in [3.8, 4) is 5.88 Å². The fourth-order valence-corrected chi connectivity index (χ4v) is 5.19. The molecule has 0 aliphatic carbocycles. The normalized spacial score (nSPS) is 19.1. The molecule has 3 N–H and O–H groups in total. The van der Waals surface area contributed by atoms with Crippen molar-refractivity contribution < 1.29 is 22.7 Å². The predicted octanol–water partition coefficient (Wildman–Crippen LogP) is 4.39. The van der Waals surface area contributed by atoms with E-state index in [2.05, 4.69) is 15.3 Å². The number of sulfone groups is 1. The summed E-state index contributed by atoms with van der Waals surface area (Å²) in [5.41, 5.74) is 7.48. The minimum absolute atomic E-state index is 0.0221. The van der Waals surface area contributed by atoms with Crippen LogP contribution in [0, 0.1) is 0 Å². The van der Waals surface area contributed by atoms with Crippen molar-refractivity contribution in [1.29, 1.82) is 0 Å². The summed E-state index contributed by atoms with van der Waals surface area (Å²) in [7, 11) is -3.11. The van der Waals surface area contributed by atoms with Gasteiger partial charge < -0.3 is 20.5 Å². The number of carbonyl (C=O) groups excluding carboxylic acids is 1. The first-order valence-electron chi connectivity index (χ1n) is 13.0. The molecule has 0 saturated carbocycles. The number of aromatic nitrogens is 3. The zero-order valence-corrected chi connectivity index (χ0v) is 24.3. The van der Waals surface area contributed by atoms with Gasteiger partial charge in [-0.15, -0.1) is 0 Å². The van der Waals surface area contributed by atoms with Crippen molar-refractivity contribution in [2.75, 3.05) is 17.3 Å². The minimum atomic E-state index is -3.11. The molecule has 1 aliphatic rings. The third-order valence-corrected chi connectivity index (χ3v) is 8.55. The number of fused-ring (bicyclic) bond motifs is 2. The van der Waals surface area contributed by atoms with E-state index in [1.54, 1.807) is 24.5 Å². The van der Waals surface area contributed by atoms with Crippen molar-refractivity contribution in [2.24, 2.45) is 5.73 Å². The molecule has 0 bridgehead atoms. The number of ether oxygens (including phenoxy) is 2. The zero-order valence-electron chi connectivity index (χ0n) is 23.5. The molecule has 0 unspecified atom stereocenters. The molecule has 0 spiro atoms. The number of rotatable bonds is 9. The number of anilines is 2. The molecule has 4 heterocycles. The van der Waals surface area contributed by atoms with Crippen LogP contribution in [0.2, 0.25) is 0 Å². The second-order valence-electron chi connectivity index (χ2n) is 11.2. The number of nitrogens with one attached hydrogen (secondary N) is 1. The van der Waals surface area contributed by atoms with Crippen molar-refractivity contribution in [3.05, 3.63) is 47.4 Å². The average molecular weight is 556 g/mol. The summed E-state index contributed by atoms with van der Waals surface area (Å²) in [6.45, 7) is 11.6. The van der Waals surface area contributed by atoms with Gasteiger partial charge >= 0.3 is 5.97 Å². The largest absolute Gasteiger partial charge is 0.474 e. The molecule has 1 aliphatic heterocycles. The minimum Gasteiger partial charge on any atom is -0.474 e. The molecule has 10 nitrogen and oxygen atoms in total. The third-order valence-electron chi connectivity index (χ3n) is 7.57. The summed E-state index contributed by atoms with van der Waals surface area (Å²) < 4.78 is 34.7. The fourth-order valence-electron chi connectivity index (χ4n) is 4.43. The summed E-state index contributed by atoms with van der Waals surface area (Å²) in [5, 5.41) is 4.75. The molecule has 4 rings (SSSR count). The molecule has 0 aromatic carbocycles. The second-order valence-corrected chi connectivity index (χ2v) is 13.5. The predicted molar refractivity (Wildman–Crippen MR) is 151 cm³/mol. The summed E-state index contributed by atoms with van der Waals surface area (Å²) in [4.78, 5) is 26.3. The van der Waals surface area contributed by atoms with E-state index in [9.17, 15) is 13.2 Å². The van der Waals surface area contributed by atoms with Gasteiger partial charge in [-0.3, -0.25) is 0 Å². The number of carbonyl (C=O) groups is 1. The van der Waals surface area contributed by atoms with Crippen LogP contribution in [0.4, 0.5) is 11.6 Å². The maximum atomic E-state index is 12.4. The number of nitrogens with two attached hydrogens (primary N) is 1. The van der Waals surface area contributed by atoms with Crippen molar-refractivity contribution in [1.82, 2.24) is 15.0 Å². The SMILES string of the molecule is CC[C@@](C)(N)c1cnc(O[C@@H](C)CCS(C)(=O)=O)c2cnc(Nc3ccc4c(n3)C(C)(C)[C@H](C)OC4=O)cc12. The van der Waals surface area contributed by atoms with Gasteiger partial charge in [0.1, 0.15) is 27.6 Å². The van der Waals surface area contributed by atoms with Gasteiger partial charge in [-0.25, -0.2) is 28.2 Å². The van der Waals surface area contributed by atoms with E-state index in [0.29, 0.717) is 47.0 Å². The van der Waals surface area contributed by atoms with E-state index in [1.165, 1.54) is 6.26 Å². The Hall–Kier alpha value is -3.31. The summed E-state index contributed by atoms with van der Waals surface area (Å²) >= 11 is 0. The Labute approximate surface area is 229 Å². The highest BCUT2D eigenvalue weighted by Crippen LogP contribution is 2.37. The molecule has 0 radical (unpaired) electrons. The molecular formula is C28H37N5O5S. The van der Waals surface area contributed by atoms with Gasteiger partial charge in [-0.2, -0.15) is 0 Å². The molecule has 3 aromatic rings. The van der Waals surface area contributed by atoms with Crippen LogP contribution in [0.25, 0.3) is 10.8 Å². The fraction of sp³-hybridized carbons (Fsp3) is 0.500. The van der Waals surface area contributed by atoms with Gasteiger partial charge in [-0.1, -0.05) is 20.8 Å². The maximum Gasteiger partial charge on any atom is 0.340 e. The van der Waals surface area contributed by atoms with E-state index in [4.69, 9.17) is 20.2 Å². The van der Waals surface area contributed by atoms with E-state index in [0.717, 1.165) is 10.9 Å². The van der Waals surface area contributed by atoms with Crippen molar-refractivity contribution in [2.45, 2.75) is 77.5 Å². The highest BCUT2D eigenvalue weighted by Gasteiger charge is 2.41. The lowest BCUT2D eigenvalue weighted by molar-refractivity contribution is 0.00864. The summed E-state index contributed by atoms with van der Waals surface area (Å²) in [5.74, 6) is 1.09. The average Bonchev–Trinajstić information content (AvgIpc) is 2.86. The first-order chi connectivity index (χ1) is 18.1. The van der Waals surface area contributed by atoms with Crippen LogP contribution in [0.15, 0.2) is 30.6 Å². The summed E-state index contributed by atoms with van der Waals surface area (Å²) in [6, 6.07) is 5.32. The number of esters is 1. The monoisotopic (exact) mass is 555 g/mol. The highest BCUT2D eigenvalue weighted by molar-refractivity contribution is 7.90. The van der Waals surface area contributed by atoms with Crippen molar-refractivity contribution in [3.63, 3.8) is 0 Å². The van der Waals surface area contributed by atoms with Gasteiger partial charge in [0.2, 0.25) is 5.88 Å². The van der Waals surface area contributed by atoms with Crippen LogP contribution in [-0.2, 0) is 25.5 Å². The van der Waals surface area contributed by atoms with Gasteiger partial charge in [-0.05, 0) is 62.8 Å². The lowest BCUT2D eigenvalue weighted by Crippen LogP contribution is -2.42. The Morgan fingerprint density at radius 2 is 1.92 bits per heavy atom. The van der Waals surface area contributed by atoms with Crippen LogP contribution in [0.1, 0.15) is 76.0 Å². The Morgan fingerprint density at radius 1 is 1.21 bits per heavy atom. The van der Waals surface area contributed by atoms with E-state index in [1.807, 2.05) is 47.6 Å². The molecule has 0 fully saturated rings. The van der Waals surface area contributed by atoms with Gasteiger partial charge in [0.05, 0.1) is 28.5 Å². The molecule has 39 heavy (non-hydrogen) atoms. The topological polar surface area (TPSA) is 146 Å². The quantitative estimate of drug-likeness (QED) is 0.364. The number of hydrogen-bond acceptors (Lipinski definition) is 10. The van der Waals surface area contributed by atoms with Crippen LogP contribution >= 0.6 is 0 Å². The van der Waals surface area contributed by atoms with Crippen LogP contribution in [-0.4, -0.2) is 53.6 Å². The van der Waals surface area contributed by atoms with E-state index < -0.39 is 20.8 Å². The molecule has 0 saturated heterocycles. The number of pyridine rings is 3. The highest BCUT2D eigenvalue weighted by atomic mass is 32.2. The molecule has 3 aromatic heterocycles. The maximum absolute atomic E-state index is 12.4. The molecular weight excluding hydrogens is 518 g/mol. The first kappa shape index (κ1) is 28.7. The number of cyclic esters (lactones) is 1. The Kier molecular flexibility index (Phi) is 7.61. The van der Waals surface area contributed by atoms with Gasteiger partial charge in [0, 0.05) is 29.6 Å². The lowest BCUT2D eigenvalue weighted by Gasteiger charge is -2.36. The standard InChI is InChI=1S/C28H37N5O5S/c1-8-28(6,29)21-15-31-25(37-16(2)11-12-39(7,35)36)20-14-30-23(13-19(20)21)32-22-10-9-18-24(33-22)27(4,5)17(3)38-26(18)34/h9-10,13-17H,8,11-12,29H2,1-7H3,(H,30,32,33)/t16-,17-,28+/m0/s1. The lowest BCUT2D eigenvalue weighted by atomic mass is 9.79. The Bertz CT molecular complexity index is 1520. The Morgan fingerprint density at radius 3 is 2.59 bits per heavy atom. The molecule has 210 valence electrons. The van der Waals surface area contributed by atoms with Crippen LogP contribution in [0.3, 0.4) is 0 Å². The second kappa shape index (κ2) is 10.3. The number of nitrogens with zero attached hydrogens (tertiary/aromatic N) is 3. The third kappa shape index (κ3) is 5.99. The first-order valence-corrected chi connectivity index (χ1v) is 15.1. The smallest absolute Gasteiger partial charge is 0.340 e. The molecule has 11 heteroatoms. The van der Waals surface area contributed by atoms with Gasteiger partial charge in [0.25, 0.3) is 0 Å². The zero-order chi connectivity index (χ0) is 28.8. The van der Waals surface area contributed by atoms with Gasteiger partial charge in [0.15, 0.2) is 0 Å². The Balaban J connectivity index is 1.72. The van der Waals surface area contributed by atoms with E-state index in [-0.39, 0.29) is 23.9 Å². The van der Waals surface area contributed by atoms with E-state index >= 15 is 0 Å². The molecule has 3 atom stereocenters.